The van der Waals surface area contributed by atoms with Crippen molar-refractivity contribution in [3.63, 3.8) is 0 Å². The number of carbonyl (C=O) groups excluding carboxylic acids is 1. The summed E-state index contributed by atoms with van der Waals surface area (Å²) in [6.07, 6.45) is 0.523. The van der Waals surface area contributed by atoms with Gasteiger partial charge in [0.25, 0.3) is 0 Å². The largest absolute Gasteiger partial charge is 0.497 e. The highest BCUT2D eigenvalue weighted by atomic mass is 16.5. The van der Waals surface area contributed by atoms with Crippen molar-refractivity contribution in [1.82, 2.24) is 0 Å². The zero-order chi connectivity index (χ0) is 13.3. The van der Waals surface area contributed by atoms with Gasteiger partial charge in [-0.25, -0.2) is 0 Å². The molecule has 4 nitrogen and oxygen atoms in total. The number of benzene rings is 1. The Kier molecular flexibility index (Phi) is 3.30. The molecule has 2 rings (SSSR count). The number of hydrogen-bond donors (Lipinski definition) is 1. The van der Waals surface area contributed by atoms with Crippen molar-refractivity contribution < 1.29 is 9.53 Å². The van der Waals surface area contributed by atoms with Gasteiger partial charge in [-0.05, 0) is 44.7 Å². The number of nitrogens with two attached hydrogens (primary N) is 1. The lowest BCUT2D eigenvalue weighted by molar-refractivity contribution is -0.117. The Labute approximate surface area is 108 Å². The number of carbonyl (C=O) groups is 1. The number of methoxy groups -OCH3 is 1. The van der Waals surface area contributed by atoms with Crippen molar-refractivity contribution in [2.75, 3.05) is 18.6 Å². The molecule has 1 fully saturated rings. The summed E-state index contributed by atoms with van der Waals surface area (Å²) in [5.74, 6) is 1.13. The van der Waals surface area contributed by atoms with Gasteiger partial charge in [-0.2, -0.15) is 0 Å². The van der Waals surface area contributed by atoms with Gasteiger partial charge in [0.15, 0.2) is 0 Å². The molecule has 1 aliphatic rings. The van der Waals surface area contributed by atoms with Crippen molar-refractivity contribution in [1.29, 1.82) is 0 Å². The molecule has 1 aromatic carbocycles. The van der Waals surface area contributed by atoms with Gasteiger partial charge in [0.1, 0.15) is 5.75 Å². The SMILES string of the molecule is COc1ccc(N2C(=O)CC(CN)C2(C)C)cc1. The number of hydrogen-bond acceptors (Lipinski definition) is 3. The molecule has 0 aromatic heterocycles. The minimum absolute atomic E-state index is 0.139. The fourth-order valence-corrected chi connectivity index (χ4v) is 2.64. The van der Waals surface area contributed by atoms with E-state index in [-0.39, 0.29) is 17.4 Å². The van der Waals surface area contributed by atoms with E-state index in [2.05, 4.69) is 13.8 Å². The van der Waals surface area contributed by atoms with Crippen LogP contribution in [0.3, 0.4) is 0 Å². The molecule has 1 unspecified atom stereocenters. The lowest BCUT2D eigenvalue weighted by Gasteiger charge is -2.35. The summed E-state index contributed by atoms with van der Waals surface area (Å²) >= 11 is 0. The third-order valence-electron chi connectivity index (χ3n) is 3.86. The molecule has 98 valence electrons. The van der Waals surface area contributed by atoms with Crippen molar-refractivity contribution in [3.8, 4) is 5.75 Å². The van der Waals surface area contributed by atoms with E-state index in [0.717, 1.165) is 11.4 Å². The number of nitrogens with zero attached hydrogens (tertiary/aromatic N) is 1. The molecule has 0 spiro atoms. The Morgan fingerprint density at radius 2 is 2.00 bits per heavy atom. The van der Waals surface area contributed by atoms with Gasteiger partial charge in [-0.15, -0.1) is 0 Å². The van der Waals surface area contributed by atoms with E-state index in [4.69, 9.17) is 10.5 Å². The fourth-order valence-electron chi connectivity index (χ4n) is 2.64. The maximum Gasteiger partial charge on any atom is 0.227 e. The van der Waals surface area contributed by atoms with Crippen LogP contribution < -0.4 is 15.4 Å². The molecule has 0 aliphatic carbocycles. The summed E-state index contributed by atoms with van der Waals surface area (Å²) < 4.78 is 5.13. The minimum Gasteiger partial charge on any atom is -0.497 e. The second kappa shape index (κ2) is 4.61. The molecule has 0 bridgehead atoms. The zero-order valence-corrected chi connectivity index (χ0v) is 11.1. The minimum atomic E-state index is -0.236. The molecular weight excluding hydrogens is 228 g/mol. The van der Waals surface area contributed by atoms with Crippen molar-refractivity contribution in [3.05, 3.63) is 24.3 Å². The molecule has 1 atom stereocenters. The molecule has 1 heterocycles. The lowest BCUT2D eigenvalue weighted by atomic mass is 9.88. The zero-order valence-electron chi connectivity index (χ0n) is 11.1. The Balaban J connectivity index is 2.33. The molecule has 1 aliphatic heterocycles. The monoisotopic (exact) mass is 248 g/mol. The van der Waals surface area contributed by atoms with Gasteiger partial charge in [0.05, 0.1) is 7.11 Å². The van der Waals surface area contributed by atoms with Gasteiger partial charge < -0.3 is 15.4 Å². The van der Waals surface area contributed by atoms with Gasteiger partial charge in [-0.3, -0.25) is 4.79 Å². The highest BCUT2D eigenvalue weighted by molar-refractivity contribution is 5.97. The molecule has 1 aromatic rings. The summed E-state index contributed by atoms with van der Waals surface area (Å²) in [4.78, 5) is 14.0. The van der Waals surface area contributed by atoms with Gasteiger partial charge in [0.2, 0.25) is 5.91 Å². The molecule has 2 N–H and O–H groups in total. The Morgan fingerprint density at radius 1 is 1.39 bits per heavy atom. The number of ether oxygens (including phenoxy) is 1. The third-order valence-corrected chi connectivity index (χ3v) is 3.86. The highest BCUT2D eigenvalue weighted by Crippen LogP contribution is 2.38. The summed E-state index contributed by atoms with van der Waals surface area (Å²) in [7, 11) is 1.63. The first-order valence-electron chi connectivity index (χ1n) is 6.18. The number of amides is 1. The van der Waals surface area contributed by atoms with E-state index >= 15 is 0 Å². The summed E-state index contributed by atoms with van der Waals surface area (Å²) in [5.41, 5.74) is 6.43. The average Bonchev–Trinajstić information content (AvgIpc) is 2.59. The molecule has 1 saturated heterocycles. The summed E-state index contributed by atoms with van der Waals surface area (Å²) in [6, 6.07) is 7.57. The Hall–Kier alpha value is -1.55. The van der Waals surface area contributed by atoms with E-state index in [0.29, 0.717) is 13.0 Å². The number of anilines is 1. The molecule has 1 amide bonds. The predicted molar refractivity (Wildman–Crippen MR) is 71.7 cm³/mol. The quantitative estimate of drug-likeness (QED) is 0.887. The van der Waals surface area contributed by atoms with E-state index < -0.39 is 0 Å². The molecular formula is C14H20N2O2. The topological polar surface area (TPSA) is 55.6 Å². The van der Waals surface area contributed by atoms with Crippen LogP contribution in [-0.4, -0.2) is 25.1 Å². The first-order valence-corrected chi connectivity index (χ1v) is 6.18. The Morgan fingerprint density at radius 3 is 2.44 bits per heavy atom. The fraction of sp³-hybridized carbons (Fsp3) is 0.500. The maximum atomic E-state index is 12.2. The van der Waals surface area contributed by atoms with E-state index in [1.165, 1.54) is 0 Å². The van der Waals surface area contributed by atoms with E-state index in [9.17, 15) is 4.79 Å². The second-order valence-corrected chi connectivity index (χ2v) is 5.22. The first kappa shape index (κ1) is 12.9. The van der Waals surface area contributed by atoms with Crippen molar-refractivity contribution in [2.45, 2.75) is 25.8 Å². The summed E-state index contributed by atoms with van der Waals surface area (Å²) in [6.45, 7) is 4.67. The van der Waals surface area contributed by atoms with Crippen LogP contribution in [0.4, 0.5) is 5.69 Å². The van der Waals surface area contributed by atoms with Crippen LogP contribution in [0, 0.1) is 5.92 Å². The van der Waals surface area contributed by atoms with Gasteiger partial charge >= 0.3 is 0 Å². The van der Waals surface area contributed by atoms with Crippen LogP contribution in [0.2, 0.25) is 0 Å². The van der Waals surface area contributed by atoms with Crippen molar-refractivity contribution in [2.24, 2.45) is 11.7 Å². The van der Waals surface area contributed by atoms with Crippen LogP contribution in [0.25, 0.3) is 0 Å². The van der Waals surface area contributed by atoms with Crippen LogP contribution in [0.5, 0.6) is 5.75 Å². The van der Waals surface area contributed by atoms with Gasteiger partial charge in [-0.1, -0.05) is 0 Å². The lowest BCUT2D eigenvalue weighted by Crippen LogP contribution is -2.46. The maximum absolute atomic E-state index is 12.2. The normalized spacial score (nSPS) is 22.3. The summed E-state index contributed by atoms with van der Waals surface area (Å²) in [5, 5.41) is 0. The van der Waals surface area contributed by atoms with Crippen LogP contribution >= 0.6 is 0 Å². The van der Waals surface area contributed by atoms with E-state index in [1.54, 1.807) is 7.11 Å². The molecule has 18 heavy (non-hydrogen) atoms. The van der Waals surface area contributed by atoms with Crippen LogP contribution in [0.15, 0.2) is 24.3 Å². The molecule has 4 heteroatoms. The van der Waals surface area contributed by atoms with E-state index in [1.807, 2.05) is 29.2 Å². The Bertz CT molecular complexity index is 440. The number of rotatable bonds is 3. The standard InChI is InChI=1S/C14H20N2O2/c1-14(2)10(9-15)8-13(17)16(14)11-4-6-12(18-3)7-5-11/h4-7,10H,8-9,15H2,1-3H3. The second-order valence-electron chi connectivity index (χ2n) is 5.22. The van der Waals surface area contributed by atoms with Crippen molar-refractivity contribution >= 4 is 11.6 Å². The molecule has 0 radical (unpaired) electrons. The first-order chi connectivity index (χ1) is 8.50. The average molecular weight is 248 g/mol. The third kappa shape index (κ3) is 1.97. The van der Waals surface area contributed by atoms with Gasteiger partial charge in [0, 0.05) is 23.6 Å². The smallest absolute Gasteiger partial charge is 0.227 e. The molecule has 0 saturated carbocycles. The van der Waals surface area contributed by atoms with Crippen LogP contribution in [-0.2, 0) is 4.79 Å². The van der Waals surface area contributed by atoms with Crippen LogP contribution in [0.1, 0.15) is 20.3 Å². The highest BCUT2D eigenvalue weighted by Gasteiger charge is 2.45. The predicted octanol–water partition coefficient (Wildman–Crippen LogP) is 1.79.